The lowest BCUT2D eigenvalue weighted by Crippen LogP contribution is -2.11. The van der Waals surface area contributed by atoms with E-state index in [4.69, 9.17) is 0 Å². The number of carbonyl (C=O) groups is 1. The van der Waals surface area contributed by atoms with E-state index < -0.39 is 0 Å². The van der Waals surface area contributed by atoms with Crippen molar-refractivity contribution in [2.45, 2.75) is 24.2 Å². The van der Waals surface area contributed by atoms with E-state index in [1.807, 2.05) is 11.4 Å². The summed E-state index contributed by atoms with van der Waals surface area (Å²) in [4.78, 5) is 17.8. The van der Waals surface area contributed by atoms with Crippen LogP contribution < -0.4 is 5.32 Å². The van der Waals surface area contributed by atoms with Crippen LogP contribution in [0, 0.1) is 5.82 Å². The fourth-order valence-corrected chi connectivity index (χ4v) is 4.81. The molecule has 1 aromatic heterocycles. The van der Waals surface area contributed by atoms with Crippen molar-refractivity contribution in [1.82, 2.24) is 4.98 Å². The number of benzene rings is 3. The van der Waals surface area contributed by atoms with Gasteiger partial charge >= 0.3 is 0 Å². The minimum absolute atomic E-state index is 0.0381. The molecule has 0 spiro atoms. The highest BCUT2D eigenvalue weighted by Crippen LogP contribution is 2.26. The van der Waals surface area contributed by atoms with Gasteiger partial charge in [-0.25, -0.2) is 9.37 Å². The Morgan fingerprint density at radius 1 is 0.938 bits per heavy atom. The highest BCUT2D eigenvalue weighted by atomic mass is 32.2. The number of anilines is 1. The summed E-state index contributed by atoms with van der Waals surface area (Å²) in [7, 11) is 0. The van der Waals surface area contributed by atoms with Gasteiger partial charge in [0.25, 0.3) is 0 Å². The minimum Gasteiger partial charge on any atom is -0.302 e. The molecule has 162 valence electrons. The molecule has 0 saturated carbocycles. The molecule has 4 aromatic rings. The summed E-state index contributed by atoms with van der Waals surface area (Å²) < 4.78 is 12.9. The van der Waals surface area contributed by atoms with Crippen LogP contribution in [0.3, 0.4) is 0 Å². The minimum atomic E-state index is -0.236. The molecule has 0 unspecified atom stereocenters. The zero-order valence-corrected chi connectivity index (χ0v) is 19.1. The van der Waals surface area contributed by atoms with Gasteiger partial charge in [-0.05, 0) is 54.0 Å². The molecule has 0 aliphatic heterocycles. The van der Waals surface area contributed by atoms with Gasteiger partial charge in [0.15, 0.2) is 5.13 Å². The Kier molecular flexibility index (Phi) is 7.69. The summed E-state index contributed by atoms with van der Waals surface area (Å²) in [5.41, 5.74) is 4.44. The van der Waals surface area contributed by atoms with E-state index >= 15 is 0 Å². The number of halogens is 1. The number of hydrogen-bond acceptors (Lipinski definition) is 4. The van der Waals surface area contributed by atoms with Gasteiger partial charge in [0.05, 0.1) is 5.69 Å². The van der Waals surface area contributed by atoms with Crippen LogP contribution in [0.4, 0.5) is 9.52 Å². The van der Waals surface area contributed by atoms with Crippen LogP contribution in [0.5, 0.6) is 0 Å². The van der Waals surface area contributed by atoms with Crippen LogP contribution in [0.25, 0.3) is 11.3 Å². The number of thioether (sulfide) groups is 1. The van der Waals surface area contributed by atoms with Gasteiger partial charge < -0.3 is 5.32 Å². The average Bonchev–Trinajstić information content (AvgIpc) is 3.27. The van der Waals surface area contributed by atoms with Crippen molar-refractivity contribution >= 4 is 34.1 Å². The van der Waals surface area contributed by atoms with Crippen LogP contribution in [0.1, 0.15) is 24.0 Å². The molecule has 0 fully saturated rings. The van der Waals surface area contributed by atoms with Crippen LogP contribution in [0.2, 0.25) is 0 Å². The van der Waals surface area contributed by atoms with E-state index in [9.17, 15) is 9.18 Å². The van der Waals surface area contributed by atoms with Crippen molar-refractivity contribution in [3.8, 4) is 11.3 Å². The van der Waals surface area contributed by atoms with Crippen molar-refractivity contribution in [2.75, 3.05) is 11.1 Å². The summed E-state index contributed by atoms with van der Waals surface area (Å²) in [5.74, 6) is 0.529. The number of amides is 1. The first kappa shape index (κ1) is 22.2. The molecule has 0 bridgehead atoms. The number of aromatic nitrogens is 1. The lowest BCUT2D eigenvalue weighted by Gasteiger charge is -2.04. The number of rotatable bonds is 9. The second kappa shape index (κ2) is 11.1. The van der Waals surface area contributed by atoms with Crippen molar-refractivity contribution in [2.24, 2.45) is 0 Å². The standard InChI is InChI=1S/C26H23FN2OS2/c27-22-12-14-23(15-13-22)31-16-4-7-25(30)29-26-28-24(18-32-26)21-10-8-20(9-11-21)17-19-5-2-1-3-6-19/h1-3,5-6,8-15,18H,4,7,16-17H2,(H,28,29,30). The Morgan fingerprint density at radius 3 is 2.41 bits per heavy atom. The van der Waals surface area contributed by atoms with E-state index in [1.165, 1.54) is 34.6 Å². The van der Waals surface area contributed by atoms with E-state index in [2.05, 4.69) is 58.8 Å². The first-order valence-electron chi connectivity index (χ1n) is 10.4. The molecule has 4 rings (SSSR count). The zero-order chi connectivity index (χ0) is 22.2. The molecule has 0 saturated heterocycles. The molecule has 0 aliphatic rings. The maximum atomic E-state index is 12.9. The first-order valence-corrected chi connectivity index (χ1v) is 12.3. The smallest absolute Gasteiger partial charge is 0.226 e. The Labute approximate surface area is 195 Å². The predicted molar refractivity (Wildman–Crippen MR) is 132 cm³/mol. The summed E-state index contributed by atoms with van der Waals surface area (Å²) in [5, 5.41) is 5.47. The largest absolute Gasteiger partial charge is 0.302 e. The van der Waals surface area contributed by atoms with Crippen molar-refractivity contribution < 1.29 is 9.18 Å². The number of carbonyl (C=O) groups excluding carboxylic acids is 1. The number of nitrogens with one attached hydrogen (secondary N) is 1. The molecule has 3 aromatic carbocycles. The monoisotopic (exact) mass is 462 g/mol. The lowest BCUT2D eigenvalue weighted by molar-refractivity contribution is -0.116. The molecule has 1 amide bonds. The molecular formula is C26H23FN2OS2. The molecule has 32 heavy (non-hydrogen) atoms. The van der Waals surface area contributed by atoms with Crippen LogP contribution in [-0.4, -0.2) is 16.6 Å². The van der Waals surface area contributed by atoms with Gasteiger partial charge in [0.2, 0.25) is 5.91 Å². The van der Waals surface area contributed by atoms with Crippen LogP contribution in [-0.2, 0) is 11.2 Å². The summed E-state index contributed by atoms with van der Waals surface area (Å²) in [6.45, 7) is 0. The molecule has 6 heteroatoms. The second-order valence-corrected chi connectivity index (χ2v) is 9.38. The third-order valence-electron chi connectivity index (χ3n) is 4.88. The van der Waals surface area contributed by atoms with Crippen LogP contribution >= 0.6 is 23.1 Å². The fourth-order valence-electron chi connectivity index (χ4n) is 3.22. The summed E-state index contributed by atoms with van der Waals surface area (Å²) in [6, 6.07) is 25.2. The summed E-state index contributed by atoms with van der Waals surface area (Å²) in [6.07, 6.45) is 2.07. The van der Waals surface area contributed by atoms with Gasteiger partial charge in [-0.15, -0.1) is 23.1 Å². The quantitative estimate of drug-likeness (QED) is 0.214. The Morgan fingerprint density at radius 2 is 1.66 bits per heavy atom. The fraction of sp³-hybridized carbons (Fsp3) is 0.154. The predicted octanol–water partition coefficient (Wildman–Crippen LogP) is 7.05. The van der Waals surface area contributed by atoms with Crippen molar-refractivity contribution in [3.63, 3.8) is 0 Å². The van der Waals surface area contributed by atoms with E-state index in [0.717, 1.165) is 34.7 Å². The first-order chi connectivity index (χ1) is 15.7. The number of nitrogens with zero attached hydrogens (tertiary/aromatic N) is 1. The molecule has 1 heterocycles. The normalized spacial score (nSPS) is 10.8. The van der Waals surface area contributed by atoms with Gasteiger partial charge in [-0.2, -0.15) is 0 Å². The Balaban J connectivity index is 1.24. The molecule has 1 N–H and O–H groups in total. The third kappa shape index (κ3) is 6.52. The van der Waals surface area contributed by atoms with Gasteiger partial charge in [0.1, 0.15) is 5.82 Å². The van der Waals surface area contributed by atoms with Gasteiger partial charge in [-0.3, -0.25) is 4.79 Å². The van der Waals surface area contributed by atoms with Crippen molar-refractivity contribution in [1.29, 1.82) is 0 Å². The van der Waals surface area contributed by atoms with Crippen molar-refractivity contribution in [3.05, 3.63) is 101 Å². The number of thiazole rings is 1. The maximum Gasteiger partial charge on any atom is 0.226 e. The second-order valence-electron chi connectivity index (χ2n) is 7.35. The maximum absolute atomic E-state index is 12.9. The number of hydrogen-bond donors (Lipinski definition) is 1. The summed E-state index contributed by atoms with van der Waals surface area (Å²) >= 11 is 3.05. The highest BCUT2D eigenvalue weighted by Gasteiger charge is 2.09. The van der Waals surface area contributed by atoms with E-state index in [-0.39, 0.29) is 11.7 Å². The lowest BCUT2D eigenvalue weighted by atomic mass is 10.0. The van der Waals surface area contributed by atoms with E-state index in [0.29, 0.717) is 11.6 Å². The van der Waals surface area contributed by atoms with E-state index in [1.54, 1.807) is 23.9 Å². The Bertz CT molecular complexity index is 1140. The third-order valence-corrected chi connectivity index (χ3v) is 6.74. The molecular weight excluding hydrogens is 439 g/mol. The molecule has 0 aliphatic carbocycles. The molecule has 0 radical (unpaired) electrons. The topological polar surface area (TPSA) is 42.0 Å². The highest BCUT2D eigenvalue weighted by molar-refractivity contribution is 7.99. The van der Waals surface area contributed by atoms with Gasteiger partial charge in [-0.1, -0.05) is 54.6 Å². The van der Waals surface area contributed by atoms with Gasteiger partial charge in [0, 0.05) is 22.3 Å². The Hall–Kier alpha value is -2.96. The zero-order valence-electron chi connectivity index (χ0n) is 17.5. The molecule has 0 atom stereocenters. The average molecular weight is 463 g/mol. The molecule has 3 nitrogen and oxygen atoms in total. The van der Waals surface area contributed by atoms with Crippen LogP contribution in [0.15, 0.2) is 89.1 Å². The SMILES string of the molecule is O=C(CCCSc1ccc(F)cc1)Nc1nc(-c2ccc(Cc3ccccc3)cc2)cs1.